The minimum Gasteiger partial charge on any atom is -0.360 e. The first-order chi connectivity index (χ1) is 7.61. The van der Waals surface area contributed by atoms with Gasteiger partial charge in [-0.2, -0.15) is 5.10 Å². The van der Waals surface area contributed by atoms with Crippen molar-refractivity contribution >= 4 is 21.7 Å². The molecule has 1 aromatic carbocycles. The van der Waals surface area contributed by atoms with Gasteiger partial charge in [-0.1, -0.05) is 12.1 Å². The molecular formula is C11H11BrFN3. The molecule has 0 aliphatic heterocycles. The van der Waals surface area contributed by atoms with Gasteiger partial charge >= 0.3 is 0 Å². The average molecular weight is 284 g/mol. The molecule has 1 heterocycles. The fourth-order valence-corrected chi connectivity index (χ4v) is 2.20. The Morgan fingerprint density at radius 2 is 2.00 bits per heavy atom. The summed E-state index contributed by atoms with van der Waals surface area (Å²) in [6.07, 6.45) is 0. The zero-order valence-corrected chi connectivity index (χ0v) is 10.5. The molecule has 1 aromatic heterocycles. The quantitative estimate of drug-likeness (QED) is 0.919. The first kappa shape index (κ1) is 11.1. The van der Waals surface area contributed by atoms with Crippen LogP contribution in [-0.4, -0.2) is 24.3 Å². The van der Waals surface area contributed by atoms with Gasteiger partial charge < -0.3 is 4.90 Å². The van der Waals surface area contributed by atoms with Gasteiger partial charge in [0.25, 0.3) is 0 Å². The summed E-state index contributed by atoms with van der Waals surface area (Å²) < 4.78 is 14.3. The number of halogens is 2. The number of nitrogens with zero attached hydrogens (tertiary/aromatic N) is 2. The van der Waals surface area contributed by atoms with Gasteiger partial charge in [-0.15, -0.1) is 0 Å². The minimum atomic E-state index is -0.267. The van der Waals surface area contributed by atoms with Crippen molar-refractivity contribution in [2.45, 2.75) is 0 Å². The number of aromatic amines is 1. The van der Waals surface area contributed by atoms with Crippen molar-refractivity contribution < 1.29 is 4.39 Å². The van der Waals surface area contributed by atoms with Crippen molar-refractivity contribution in [1.82, 2.24) is 10.2 Å². The van der Waals surface area contributed by atoms with E-state index >= 15 is 0 Å². The lowest BCUT2D eigenvalue weighted by molar-refractivity contribution is 0.630. The van der Waals surface area contributed by atoms with Crippen molar-refractivity contribution in [3.05, 3.63) is 34.6 Å². The van der Waals surface area contributed by atoms with Gasteiger partial charge in [-0.25, -0.2) is 4.39 Å². The van der Waals surface area contributed by atoms with Gasteiger partial charge in [0.05, 0.1) is 10.2 Å². The van der Waals surface area contributed by atoms with Crippen LogP contribution in [0.1, 0.15) is 0 Å². The number of aromatic nitrogens is 2. The van der Waals surface area contributed by atoms with Crippen LogP contribution in [0.3, 0.4) is 0 Å². The Bertz CT molecular complexity index is 508. The van der Waals surface area contributed by atoms with Gasteiger partial charge in [0.2, 0.25) is 0 Å². The molecule has 84 valence electrons. The molecule has 16 heavy (non-hydrogen) atoms. The molecule has 0 spiro atoms. The van der Waals surface area contributed by atoms with Crippen molar-refractivity contribution in [1.29, 1.82) is 0 Å². The van der Waals surface area contributed by atoms with E-state index in [4.69, 9.17) is 0 Å². The number of hydrogen-bond donors (Lipinski definition) is 1. The lowest BCUT2D eigenvalue weighted by Gasteiger charge is -2.08. The maximum absolute atomic E-state index is 13.6. The summed E-state index contributed by atoms with van der Waals surface area (Å²) in [6, 6.07) is 6.60. The molecule has 1 N–H and O–H groups in total. The van der Waals surface area contributed by atoms with Crippen LogP contribution >= 0.6 is 15.9 Å². The van der Waals surface area contributed by atoms with Gasteiger partial charge in [0.15, 0.2) is 5.82 Å². The number of benzene rings is 1. The fourth-order valence-electron chi connectivity index (χ4n) is 1.46. The molecule has 0 saturated heterocycles. The predicted octanol–water partition coefficient (Wildman–Crippen LogP) is 3.04. The molecule has 0 aliphatic carbocycles. The van der Waals surface area contributed by atoms with E-state index in [1.807, 2.05) is 19.0 Å². The van der Waals surface area contributed by atoms with E-state index in [-0.39, 0.29) is 5.82 Å². The minimum absolute atomic E-state index is 0.267. The summed E-state index contributed by atoms with van der Waals surface area (Å²) in [7, 11) is 3.76. The van der Waals surface area contributed by atoms with Gasteiger partial charge in [0.1, 0.15) is 5.82 Å². The monoisotopic (exact) mass is 283 g/mol. The maximum Gasteiger partial charge on any atom is 0.164 e. The zero-order valence-electron chi connectivity index (χ0n) is 8.96. The normalized spacial score (nSPS) is 10.5. The van der Waals surface area contributed by atoms with Crippen LogP contribution in [-0.2, 0) is 0 Å². The molecule has 2 rings (SSSR count). The first-order valence-corrected chi connectivity index (χ1v) is 5.56. The molecule has 3 nitrogen and oxygen atoms in total. The van der Waals surface area contributed by atoms with Gasteiger partial charge in [-0.3, -0.25) is 5.10 Å². The molecule has 0 aliphatic rings. The van der Waals surface area contributed by atoms with E-state index in [0.29, 0.717) is 11.3 Å². The van der Waals surface area contributed by atoms with E-state index in [2.05, 4.69) is 26.1 Å². The Kier molecular flexibility index (Phi) is 2.96. The molecule has 0 unspecified atom stereocenters. The third-order valence-electron chi connectivity index (χ3n) is 2.26. The van der Waals surface area contributed by atoms with Crippen LogP contribution in [0, 0.1) is 5.82 Å². The smallest absolute Gasteiger partial charge is 0.164 e. The second kappa shape index (κ2) is 4.25. The molecule has 0 atom stereocenters. The van der Waals surface area contributed by atoms with Crippen LogP contribution < -0.4 is 4.90 Å². The summed E-state index contributed by atoms with van der Waals surface area (Å²) in [5, 5.41) is 6.95. The van der Waals surface area contributed by atoms with Gasteiger partial charge in [0, 0.05) is 19.7 Å². The van der Waals surface area contributed by atoms with Crippen LogP contribution in [0.4, 0.5) is 10.2 Å². The molecule has 2 aromatic rings. The third-order valence-corrected chi connectivity index (χ3v) is 3.01. The third kappa shape index (κ3) is 1.82. The highest BCUT2D eigenvalue weighted by atomic mass is 79.9. The Morgan fingerprint density at radius 3 is 2.56 bits per heavy atom. The van der Waals surface area contributed by atoms with E-state index in [1.54, 1.807) is 18.2 Å². The number of nitrogens with one attached hydrogen (secondary N) is 1. The summed E-state index contributed by atoms with van der Waals surface area (Å²) in [4.78, 5) is 1.85. The molecule has 0 amide bonds. The predicted molar refractivity (Wildman–Crippen MR) is 66.0 cm³/mol. The number of hydrogen-bond acceptors (Lipinski definition) is 2. The van der Waals surface area contributed by atoms with E-state index in [9.17, 15) is 4.39 Å². The molecular weight excluding hydrogens is 273 g/mol. The SMILES string of the molecule is CN(C)c1n[nH]c(-c2ccccc2F)c1Br. The van der Waals surface area contributed by atoms with Crippen molar-refractivity contribution in [3.8, 4) is 11.3 Å². The zero-order chi connectivity index (χ0) is 11.7. The number of rotatable bonds is 2. The van der Waals surface area contributed by atoms with Crippen LogP contribution in [0.25, 0.3) is 11.3 Å². The van der Waals surface area contributed by atoms with Crippen LogP contribution in [0.2, 0.25) is 0 Å². The summed E-state index contributed by atoms with van der Waals surface area (Å²) in [5.41, 5.74) is 1.16. The lowest BCUT2D eigenvalue weighted by Crippen LogP contribution is -2.09. The molecule has 0 saturated carbocycles. The molecule has 0 fully saturated rings. The molecule has 0 radical (unpaired) electrons. The maximum atomic E-state index is 13.6. The highest BCUT2D eigenvalue weighted by Gasteiger charge is 2.15. The Balaban J connectivity index is 2.54. The molecule has 0 bridgehead atoms. The first-order valence-electron chi connectivity index (χ1n) is 4.77. The summed E-state index contributed by atoms with van der Waals surface area (Å²) >= 11 is 3.42. The Hall–Kier alpha value is -1.36. The van der Waals surface area contributed by atoms with Gasteiger partial charge in [-0.05, 0) is 28.1 Å². The highest BCUT2D eigenvalue weighted by Crippen LogP contribution is 2.33. The average Bonchev–Trinajstić information content (AvgIpc) is 2.61. The van der Waals surface area contributed by atoms with Crippen molar-refractivity contribution in [3.63, 3.8) is 0 Å². The van der Waals surface area contributed by atoms with Crippen LogP contribution in [0.15, 0.2) is 28.7 Å². The summed E-state index contributed by atoms with van der Waals surface area (Å²) in [6.45, 7) is 0. The second-order valence-electron chi connectivity index (χ2n) is 3.61. The van der Waals surface area contributed by atoms with E-state index < -0.39 is 0 Å². The number of anilines is 1. The Morgan fingerprint density at radius 1 is 1.31 bits per heavy atom. The van der Waals surface area contributed by atoms with Crippen LogP contribution in [0.5, 0.6) is 0 Å². The van der Waals surface area contributed by atoms with Crippen molar-refractivity contribution in [2.75, 3.05) is 19.0 Å². The van der Waals surface area contributed by atoms with E-state index in [0.717, 1.165) is 10.3 Å². The topological polar surface area (TPSA) is 31.9 Å². The second-order valence-corrected chi connectivity index (χ2v) is 4.40. The summed E-state index contributed by atoms with van der Waals surface area (Å²) in [5.74, 6) is 0.482. The fraction of sp³-hybridized carbons (Fsp3) is 0.182. The largest absolute Gasteiger partial charge is 0.360 e. The standard InChI is InChI=1S/C11H11BrFN3/c1-16(2)11-9(12)10(14-15-11)7-5-3-4-6-8(7)13/h3-6H,1-2H3,(H,14,15). The lowest BCUT2D eigenvalue weighted by atomic mass is 10.1. The highest BCUT2D eigenvalue weighted by molar-refractivity contribution is 9.10. The number of H-pyrrole nitrogens is 1. The van der Waals surface area contributed by atoms with Crippen molar-refractivity contribution in [2.24, 2.45) is 0 Å². The Labute approximate surface area is 101 Å². The molecule has 5 heteroatoms. The van der Waals surface area contributed by atoms with E-state index in [1.165, 1.54) is 6.07 Å².